The molecule has 1 heterocycles. The topological polar surface area (TPSA) is 69.6 Å². The Labute approximate surface area is 95.8 Å². The van der Waals surface area contributed by atoms with Crippen molar-refractivity contribution in [3.63, 3.8) is 0 Å². The zero-order chi connectivity index (χ0) is 12.3. The Bertz CT molecular complexity index is 267. The quantitative estimate of drug-likeness (QED) is 0.658. The number of amides is 2. The van der Waals surface area contributed by atoms with E-state index >= 15 is 0 Å². The number of likely N-dealkylation sites (tertiary alicyclic amines) is 1. The molecule has 0 aromatic carbocycles. The molecule has 2 N–H and O–H groups in total. The Balaban J connectivity index is 2.36. The van der Waals surface area contributed by atoms with Gasteiger partial charge in [0.15, 0.2) is 0 Å². The first-order chi connectivity index (χ1) is 7.29. The lowest BCUT2D eigenvalue weighted by Gasteiger charge is -2.24. The maximum absolute atomic E-state index is 11.3. The molecular weight excluding hydrogens is 208 g/mol. The van der Waals surface area contributed by atoms with E-state index in [1.807, 2.05) is 20.8 Å². The summed E-state index contributed by atoms with van der Waals surface area (Å²) >= 11 is 0. The maximum atomic E-state index is 11.3. The van der Waals surface area contributed by atoms with Crippen LogP contribution in [0.3, 0.4) is 0 Å². The monoisotopic (exact) mass is 228 g/mol. The molecule has 1 aliphatic rings. The van der Waals surface area contributed by atoms with Gasteiger partial charge in [-0.3, -0.25) is 14.5 Å². The third-order valence-electron chi connectivity index (χ3n) is 2.42. The fraction of sp³-hybridized carbons (Fsp3) is 0.818. The van der Waals surface area contributed by atoms with Crippen molar-refractivity contribution in [2.45, 2.75) is 45.3 Å². The minimum Gasteiger partial charge on any atom is -0.390 e. The average molecular weight is 228 g/mol. The number of hydrogen-bond acceptors (Lipinski definition) is 4. The van der Waals surface area contributed by atoms with E-state index < -0.39 is 6.10 Å². The standard InChI is InChI=1S/C11H20N2O3/c1-11(2,3)12-6-8(14)7-13-9(15)4-5-10(13)16/h8,12,14H,4-7H2,1-3H3. The molecular formula is C11H20N2O3. The van der Waals surface area contributed by atoms with Gasteiger partial charge in [0, 0.05) is 24.9 Å². The fourth-order valence-electron chi connectivity index (χ4n) is 1.53. The van der Waals surface area contributed by atoms with Crippen molar-refractivity contribution in [1.82, 2.24) is 10.2 Å². The van der Waals surface area contributed by atoms with Crippen LogP contribution in [-0.4, -0.2) is 46.6 Å². The van der Waals surface area contributed by atoms with Crippen LogP contribution in [0.25, 0.3) is 0 Å². The molecule has 1 saturated heterocycles. The van der Waals surface area contributed by atoms with Gasteiger partial charge in [0.25, 0.3) is 0 Å². The molecule has 0 aromatic rings. The zero-order valence-electron chi connectivity index (χ0n) is 10.1. The highest BCUT2D eigenvalue weighted by molar-refractivity contribution is 6.01. The van der Waals surface area contributed by atoms with Crippen LogP contribution >= 0.6 is 0 Å². The second kappa shape index (κ2) is 4.93. The summed E-state index contributed by atoms with van der Waals surface area (Å²) in [5.41, 5.74) is -0.0833. The van der Waals surface area contributed by atoms with Gasteiger partial charge >= 0.3 is 0 Å². The van der Waals surface area contributed by atoms with E-state index in [4.69, 9.17) is 0 Å². The Morgan fingerprint density at radius 1 is 1.31 bits per heavy atom. The molecule has 0 aromatic heterocycles. The highest BCUT2D eigenvalue weighted by atomic mass is 16.3. The summed E-state index contributed by atoms with van der Waals surface area (Å²) in [4.78, 5) is 23.7. The molecule has 5 nitrogen and oxygen atoms in total. The summed E-state index contributed by atoms with van der Waals surface area (Å²) in [7, 11) is 0. The predicted octanol–water partition coefficient (Wildman–Crippen LogP) is -0.116. The fourth-order valence-corrected chi connectivity index (χ4v) is 1.53. The van der Waals surface area contributed by atoms with Crippen LogP contribution in [0, 0.1) is 0 Å². The maximum Gasteiger partial charge on any atom is 0.229 e. The lowest BCUT2D eigenvalue weighted by atomic mass is 10.1. The second-order valence-corrected chi connectivity index (χ2v) is 5.18. The smallest absolute Gasteiger partial charge is 0.229 e. The van der Waals surface area contributed by atoms with E-state index in [1.165, 1.54) is 0 Å². The van der Waals surface area contributed by atoms with Gasteiger partial charge in [-0.25, -0.2) is 0 Å². The van der Waals surface area contributed by atoms with Gasteiger partial charge in [0.05, 0.1) is 12.6 Å². The lowest BCUT2D eigenvalue weighted by molar-refractivity contribution is -0.139. The number of carbonyl (C=O) groups is 2. The van der Waals surface area contributed by atoms with E-state index in [1.54, 1.807) is 0 Å². The first-order valence-electron chi connectivity index (χ1n) is 5.56. The molecule has 1 fully saturated rings. The van der Waals surface area contributed by atoms with Crippen LogP contribution in [0.1, 0.15) is 33.6 Å². The molecule has 2 amide bonds. The molecule has 92 valence electrons. The molecule has 5 heteroatoms. The molecule has 1 aliphatic heterocycles. The summed E-state index contributed by atoms with van der Waals surface area (Å²) in [6.45, 7) is 6.45. The summed E-state index contributed by atoms with van der Waals surface area (Å²) in [5, 5.41) is 12.8. The van der Waals surface area contributed by atoms with Gasteiger partial charge < -0.3 is 10.4 Å². The number of carbonyl (C=O) groups excluding carboxylic acids is 2. The summed E-state index contributed by atoms with van der Waals surface area (Å²) < 4.78 is 0. The SMILES string of the molecule is CC(C)(C)NCC(O)CN1C(=O)CCC1=O. The van der Waals surface area contributed by atoms with Gasteiger partial charge in [0.2, 0.25) is 11.8 Å². The highest BCUT2D eigenvalue weighted by Gasteiger charge is 2.30. The van der Waals surface area contributed by atoms with E-state index in [9.17, 15) is 14.7 Å². The number of hydrogen-bond donors (Lipinski definition) is 2. The van der Waals surface area contributed by atoms with Crippen molar-refractivity contribution in [3.05, 3.63) is 0 Å². The van der Waals surface area contributed by atoms with Crippen LogP contribution < -0.4 is 5.32 Å². The van der Waals surface area contributed by atoms with Crippen molar-refractivity contribution in [1.29, 1.82) is 0 Å². The summed E-state index contributed by atoms with van der Waals surface area (Å²) in [6, 6.07) is 0. The van der Waals surface area contributed by atoms with Crippen molar-refractivity contribution in [2.75, 3.05) is 13.1 Å². The van der Waals surface area contributed by atoms with Crippen molar-refractivity contribution in [2.24, 2.45) is 0 Å². The third kappa shape index (κ3) is 3.90. The summed E-state index contributed by atoms with van der Waals surface area (Å²) in [6.07, 6.45) is -0.151. The first-order valence-corrected chi connectivity index (χ1v) is 5.56. The Morgan fingerprint density at radius 3 is 2.25 bits per heavy atom. The first kappa shape index (κ1) is 13.1. The number of aliphatic hydroxyl groups excluding tert-OH is 1. The normalized spacial score (nSPS) is 19.4. The Kier molecular flexibility index (Phi) is 4.04. The van der Waals surface area contributed by atoms with Crippen molar-refractivity contribution in [3.8, 4) is 0 Å². The number of rotatable bonds is 4. The van der Waals surface area contributed by atoms with Gasteiger partial charge in [0.1, 0.15) is 0 Å². The van der Waals surface area contributed by atoms with Gasteiger partial charge in [-0.2, -0.15) is 0 Å². The molecule has 0 radical (unpaired) electrons. The van der Waals surface area contributed by atoms with Gasteiger partial charge in [-0.05, 0) is 20.8 Å². The van der Waals surface area contributed by atoms with Crippen molar-refractivity contribution >= 4 is 11.8 Å². The van der Waals surface area contributed by atoms with E-state index in [0.717, 1.165) is 4.90 Å². The molecule has 0 saturated carbocycles. The Morgan fingerprint density at radius 2 is 1.81 bits per heavy atom. The lowest BCUT2D eigenvalue weighted by Crippen LogP contribution is -2.45. The van der Waals surface area contributed by atoms with Crippen LogP contribution in [0.15, 0.2) is 0 Å². The molecule has 1 unspecified atom stereocenters. The molecule has 0 spiro atoms. The van der Waals surface area contributed by atoms with Crippen LogP contribution in [0.4, 0.5) is 0 Å². The zero-order valence-corrected chi connectivity index (χ0v) is 10.1. The predicted molar refractivity (Wildman–Crippen MR) is 59.7 cm³/mol. The van der Waals surface area contributed by atoms with Crippen LogP contribution in [0.2, 0.25) is 0 Å². The van der Waals surface area contributed by atoms with Crippen LogP contribution in [0.5, 0.6) is 0 Å². The number of nitrogens with one attached hydrogen (secondary N) is 1. The molecule has 0 bridgehead atoms. The largest absolute Gasteiger partial charge is 0.390 e. The van der Waals surface area contributed by atoms with E-state index in [-0.39, 0.29) is 36.7 Å². The van der Waals surface area contributed by atoms with Gasteiger partial charge in [-0.1, -0.05) is 0 Å². The molecule has 16 heavy (non-hydrogen) atoms. The number of β-amino-alcohol motifs (C(OH)–C–C–N with tert-alkyl or cyclic N) is 1. The number of aliphatic hydroxyl groups is 1. The number of imide groups is 1. The highest BCUT2D eigenvalue weighted by Crippen LogP contribution is 2.12. The van der Waals surface area contributed by atoms with Gasteiger partial charge in [-0.15, -0.1) is 0 Å². The minimum absolute atomic E-state index is 0.0833. The molecule has 0 aliphatic carbocycles. The summed E-state index contributed by atoms with van der Waals surface area (Å²) in [5.74, 6) is -0.361. The van der Waals surface area contributed by atoms with Crippen LogP contribution in [-0.2, 0) is 9.59 Å². The van der Waals surface area contributed by atoms with E-state index in [0.29, 0.717) is 6.54 Å². The molecule has 1 atom stereocenters. The molecule has 1 rings (SSSR count). The second-order valence-electron chi connectivity index (χ2n) is 5.18. The average Bonchev–Trinajstić information content (AvgIpc) is 2.45. The Hall–Kier alpha value is -0.940. The number of nitrogens with zero attached hydrogens (tertiary/aromatic N) is 1. The van der Waals surface area contributed by atoms with Crippen molar-refractivity contribution < 1.29 is 14.7 Å². The van der Waals surface area contributed by atoms with E-state index in [2.05, 4.69) is 5.32 Å². The third-order valence-corrected chi connectivity index (χ3v) is 2.42. The minimum atomic E-state index is -0.703.